The Balaban J connectivity index is 1.63. The van der Waals surface area contributed by atoms with Crippen LogP contribution in [0.5, 0.6) is 0 Å². The smallest absolute Gasteiger partial charge is 0.313 e. The number of esters is 1. The van der Waals surface area contributed by atoms with Crippen LogP contribution in [0.2, 0.25) is 5.02 Å². The van der Waals surface area contributed by atoms with Gasteiger partial charge in [0.1, 0.15) is 23.1 Å². The van der Waals surface area contributed by atoms with Crippen molar-refractivity contribution in [1.29, 1.82) is 0 Å². The second-order valence-electron chi connectivity index (χ2n) is 13.8. The average molecular weight is 616 g/mol. The van der Waals surface area contributed by atoms with Crippen molar-refractivity contribution in [1.82, 2.24) is 19.7 Å². The van der Waals surface area contributed by atoms with Crippen LogP contribution in [0.15, 0.2) is 36.4 Å². The molecule has 234 valence electrons. The van der Waals surface area contributed by atoms with Gasteiger partial charge in [0.25, 0.3) is 0 Å². The zero-order chi connectivity index (χ0) is 31.9. The van der Waals surface area contributed by atoms with E-state index in [1.165, 1.54) is 12.1 Å². The molecule has 0 bridgehead atoms. The van der Waals surface area contributed by atoms with E-state index in [-0.39, 0.29) is 40.7 Å². The number of ether oxygens (including phenoxy) is 1. The molecule has 0 amide bonds. The maximum atomic E-state index is 15.3. The fraction of sp³-hybridized carbons (Fsp3) is 0.545. The van der Waals surface area contributed by atoms with Crippen LogP contribution < -0.4 is 5.32 Å². The van der Waals surface area contributed by atoms with Crippen LogP contribution in [0.1, 0.15) is 91.2 Å². The first-order valence-electron chi connectivity index (χ1n) is 14.8. The number of carbonyl (C=O) groups is 1. The number of hydrogen-bond acceptors (Lipinski definition) is 6. The highest BCUT2D eigenvalue weighted by atomic mass is 35.5. The Bertz CT molecular complexity index is 1480. The summed E-state index contributed by atoms with van der Waals surface area (Å²) in [6, 6.07) is 9.44. The maximum Gasteiger partial charge on any atom is 0.313 e. The molecule has 3 heterocycles. The lowest BCUT2D eigenvalue weighted by molar-refractivity contribution is -0.173. The summed E-state index contributed by atoms with van der Waals surface area (Å²) in [4.78, 5) is 20.6. The highest BCUT2D eigenvalue weighted by Crippen LogP contribution is 2.43. The van der Waals surface area contributed by atoms with E-state index in [0.717, 1.165) is 5.69 Å². The molecule has 3 unspecified atom stereocenters. The van der Waals surface area contributed by atoms with Gasteiger partial charge in [-0.15, -0.1) is 0 Å². The number of benzene rings is 1. The van der Waals surface area contributed by atoms with Gasteiger partial charge < -0.3 is 10.1 Å². The van der Waals surface area contributed by atoms with E-state index in [9.17, 15) is 9.18 Å². The molecular weight excluding hydrogens is 572 g/mol. The molecule has 0 radical (unpaired) electrons. The zero-order valence-electron chi connectivity index (χ0n) is 26.7. The topological polar surface area (TPSA) is 72.3 Å². The first kappa shape index (κ1) is 32.9. The number of piperidine rings is 1. The third kappa shape index (κ3) is 7.37. The predicted octanol–water partition coefficient (Wildman–Crippen LogP) is 8.13. The summed E-state index contributed by atoms with van der Waals surface area (Å²) in [5, 5.41) is 7.93. The van der Waals surface area contributed by atoms with Crippen LogP contribution in [0.25, 0.3) is 0 Å². The number of aryl methyl sites for hydroxylation is 1. The minimum absolute atomic E-state index is 0.0663. The third-order valence-electron chi connectivity index (χ3n) is 8.07. The van der Waals surface area contributed by atoms with Gasteiger partial charge in [-0.05, 0) is 93.4 Å². The normalized spacial score (nSPS) is 20.6. The quantitative estimate of drug-likeness (QED) is 0.271. The van der Waals surface area contributed by atoms with Crippen molar-refractivity contribution in [2.24, 2.45) is 5.41 Å². The summed E-state index contributed by atoms with van der Waals surface area (Å²) in [5.74, 6) is -0.277. The molecule has 0 saturated carbocycles. The fourth-order valence-electron chi connectivity index (χ4n) is 6.09. The SMILES string of the molecule is Cc1cc(Nc2ccc(F)c(CC3(C(=O)OC(C)(C)C)CCN(C(C)c4cccc(Cl)c4F)C(C)C3)n2)nn1C(C)(C)C. The highest BCUT2D eigenvalue weighted by molar-refractivity contribution is 6.30. The van der Waals surface area contributed by atoms with E-state index in [1.54, 1.807) is 18.2 Å². The van der Waals surface area contributed by atoms with Crippen molar-refractivity contribution in [3.8, 4) is 0 Å². The lowest BCUT2D eigenvalue weighted by Crippen LogP contribution is -2.52. The predicted molar refractivity (Wildman–Crippen MR) is 167 cm³/mol. The number of hydrogen-bond donors (Lipinski definition) is 1. The lowest BCUT2D eigenvalue weighted by Gasteiger charge is -2.47. The van der Waals surface area contributed by atoms with Crippen LogP contribution in [0.3, 0.4) is 0 Å². The molecule has 1 aliphatic heterocycles. The molecule has 1 aromatic carbocycles. The molecule has 3 aromatic rings. The largest absolute Gasteiger partial charge is 0.460 e. The summed E-state index contributed by atoms with van der Waals surface area (Å²) in [6.45, 7) is 18.1. The van der Waals surface area contributed by atoms with Gasteiger partial charge in [-0.25, -0.2) is 13.8 Å². The summed E-state index contributed by atoms with van der Waals surface area (Å²) in [5.41, 5.74) is -0.286. The van der Waals surface area contributed by atoms with Crippen LogP contribution in [-0.2, 0) is 21.5 Å². The van der Waals surface area contributed by atoms with Gasteiger partial charge in [0.15, 0.2) is 5.82 Å². The molecule has 0 aliphatic carbocycles. The van der Waals surface area contributed by atoms with Crippen molar-refractivity contribution < 1.29 is 18.3 Å². The Morgan fingerprint density at radius 2 is 1.86 bits per heavy atom. The molecule has 10 heteroatoms. The minimum atomic E-state index is -1.02. The van der Waals surface area contributed by atoms with E-state index in [1.807, 2.05) is 52.3 Å². The molecule has 1 aliphatic rings. The molecule has 0 spiro atoms. The van der Waals surface area contributed by atoms with E-state index < -0.39 is 22.7 Å². The number of nitrogens with zero attached hydrogens (tertiary/aromatic N) is 4. The van der Waals surface area contributed by atoms with Crippen molar-refractivity contribution >= 4 is 29.2 Å². The summed E-state index contributed by atoms with van der Waals surface area (Å²) in [7, 11) is 0. The van der Waals surface area contributed by atoms with Crippen molar-refractivity contribution in [3.05, 3.63) is 70.0 Å². The van der Waals surface area contributed by atoms with E-state index in [0.29, 0.717) is 36.6 Å². The Morgan fingerprint density at radius 1 is 1.16 bits per heavy atom. The van der Waals surface area contributed by atoms with Crippen molar-refractivity contribution in [2.45, 2.75) is 105 Å². The molecule has 7 nitrogen and oxygen atoms in total. The van der Waals surface area contributed by atoms with E-state index in [4.69, 9.17) is 16.3 Å². The molecule has 3 atom stereocenters. The second kappa shape index (κ2) is 12.2. The molecule has 4 rings (SSSR count). The van der Waals surface area contributed by atoms with Gasteiger partial charge in [-0.3, -0.25) is 14.4 Å². The Labute approximate surface area is 259 Å². The van der Waals surface area contributed by atoms with Crippen molar-refractivity contribution in [3.63, 3.8) is 0 Å². The first-order chi connectivity index (χ1) is 19.9. The summed E-state index contributed by atoms with van der Waals surface area (Å²) < 4.78 is 38.1. The number of carbonyl (C=O) groups excluding carboxylic acids is 1. The van der Waals surface area contributed by atoms with Crippen molar-refractivity contribution in [2.75, 3.05) is 11.9 Å². The molecular formula is C33H44ClF2N5O2. The molecule has 1 N–H and O–H groups in total. The standard InChI is InChI=1S/C33H44ClF2N5O2/c1-20-17-28(39-41(20)31(4,5)6)38-27-14-13-25(35)26(37-27)19-33(30(42)43-32(7,8)9)15-16-40(21(2)18-33)22(3)23-11-10-12-24(34)29(23)36/h10-14,17,21-22H,15-16,18-19H2,1-9H3,(H,37,38,39). The van der Waals surface area contributed by atoms with Crippen LogP contribution in [-0.4, -0.2) is 43.8 Å². The molecule has 1 saturated heterocycles. The summed E-state index contributed by atoms with van der Waals surface area (Å²) >= 11 is 6.07. The maximum absolute atomic E-state index is 15.3. The fourth-order valence-corrected chi connectivity index (χ4v) is 6.28. The number of likely N-dealkylation sites (tertiary alicyclic amines) is 1. The number of anilines is 2. The van der Waals surface area contributed by atoms with Gasteiger partial charge >= 0.3 is 5.97 Å². The number of halogens is 3. The number of pyridine rings is 1. The third-order valence-corrected chi connectivity index (χ3v) is 8.36. The average Bonchev–Trinajstić information content (AvgIpc) is 3.27. The Morgan fingerprint density at radius 3 is 2.47 bits per heavy atom. The molecule has 1 fully saturated rings. The van der Waals surface area contributed by atoms with Crippen LogP contribution in [0.4, 0.5) is 20.4 Å². The van der Waals surface area contributed by atoms with Crippen LogP contribution >= 0.6 is 11.6 Å². The number of nitrogens with one attached hydrogen (secondary N) is 1. The minimum Gasteiger partial charge on any atom is -0.460 e. The molecule has 2 aromatic heterocycles. The van der Waals surface area contributed by atoms with Gasteiger partial charge in [0, 0.05) is 42.4 Å². The molecule has 43 heavy (non-hydrogen) atoms. The Hall–Kier alpha value is -3.04. The highest BCUT2D eigenvalue weighted by Gasteiger charge is 2.48. The monoisotopic (exact) mass is 615 g/mol. The lowest BCUT2D eigenvalue weighted by atomic mass is 9.71. The second-order valence-corrected chi connectivity index (χ2v) is 14.2. The van der Waals surface area contributed by atoms with E-state index >= 15 is 4.39 Å². The number of aromatic nitrogens is 3. The van der Waals surface area contributed by atoms with Gasteiger partial charge in [0.2, 0.25) is 0 Å². The van der Waals surface area contributed by atoms with Gasteiger partial charge in [-0.2, -0.15) is 5.10 Å². The number of rotatable bonds is 7. The Kier molecular flexibility index (Phi) is 9.29. The summed E-state index contributed by atoms with van der Waals surface area (Å²) in [6.07, 6.45) is 0.853. The van der Waals surface area contributed by atoms with Gasteiger partial charge in [-0.1, -0.05) is 23.7 Å². The van der Waals surface area contributed by atoms with E-state index in [2.05, 4.69) is 41.1 Å². The first-order valence-corrected chi connectivity index (χ1v) is 15.2. The van der Waals surface area contributed by atoms with Gasteiger partial charge in [0.05, 0.1) is 21.7 Å². The van der Waals surface area contributed by atoms with Crippen LogP contribution in [0, 0.1) is 24.0 Å². The zero-order valence-corrected chi connectivity index (χ0v) is 27.4.